The van der Waals surface area contributed by atoms with E-state index in [0.29, 0.717) is 5.92 Å². The molecule has 14 heavy (non-hydrogen) atoms. The molecule has 0 unspecified atom stereocenters. The minimum absolute atomic E-state index is 0.131. The molecule has 0 amide bonds. The van der Waals surface area contributed by atoms with Crippen LogP contribution in [0.3, 0.4) is 0 Å². The van der Waals surface area contributed by atoms with Gasteiger partial charge in [0.15, 0.2) is 0 Å². The Balaban J connectivity index is 2.55. The predicted octanol–water partition coefficient (Wildman–Crippen LogP) is 3.44. The van der Waals surface area contributed by atoms with Crippen molar-refractivity contribution >= 4 is 10.9 Å². The highest BCUT2D eigenvalue weighted by molar-refractivity contribution is 5.80. The lowest BCUT2D eigenvalue weighted by molar-refractivity contribution is 0.527. The van der Waals surface area contributed by atoms with Crippen LogP contribution >= 0.6 is 0 Å². The van der Waals surface area contributed by atoms with Crippen LogP contribution in [0.5, 0.6) is 0 Å². The topological polar surface area (TPSA) is 4.93 Å². The number of rotatable bonds is 2. The van der Waals surface area contributed by atoms with Gasteiger partial charge in [0.2, 0.25) is 0 Å². The van der Waals surface area contributed by atoms with Gasteiger partial charge < -0.3 is 4.57 Å². The van der Waals surface area contributed by atoms with Crippen LogP contribution in [0.25, 0.3) is 10.9 Å². The first-order valence-corrected chi connectivity index (χ1v) is 4.92. The Morgan fingerprint density at radius 2 is 2.07 bits per heavy atom. The van der Waals surface area contributed by atoms with E-state index in [-0.39, 0.29) is 5.82 Å². The highest BCUT2D eigenvalue weighted by atomic mass is 19.1. The number of benzene rings is 1. The second-order valence-electron chi connectivity index (χ2n) is 4.04. The zero-order valence-electron chi connectivity index (χ0n) is 8.50. The minimum atomic E-state index is -0.131. The molecule has 0 bridgehead atoms. The molecule has 74 valence electrons. The minimum Gasteiger partial charge on any atom is -0.345 e. The summed E-state index contributed by atoms with van der Waals surface area (Å²) < 4.78 is 15.5. The highest BCUT2D eigenvalue weighted by Crippen LogP contribution is 2.19. The molecular formula is C12H14FN. The molecule has 1 aromatic carbocycles. The van der Waals surface area contributed by atoms with Gasteiger partial charge in [0.25, 0.3) is 0 Å². The van der Waals surface area contributed by atoms with E-state index < -0.39 is 0 Å². The third-order valence-corrected chi connectivity index (χ3v) is 2.30. The molecule has 0 atom stereocenters. The van der Waals surface area contributed by atoms with Crippen LogP contribution in [0.15, 0.2) is 30.5 Å². The van der Waals surface area contributed by atoms with E-state index in [1.807, 2.05) is 22.9 Å². The van der Waals surface area contributed by atoms with Gasteiger partial charge in [-0.25, -0.2) is 4.39 Å². The van der Waals surface area contributed by atoms with E-state index >= 15 is 0 Å². The van der Waals surface area contributed by atoms with Crippen molar-refractivity contribution in [3.63, 3.8) is 0 Å². The first kappa shape index (κ1) is 9.25. The molecule has 0 fully saturated rings. The van der Waals surface area contributed by atoms with Crippen LogP contribution in [0.2, 0.25) is 0 Å². The number of halogens is 1. The van der Waals surface area contributed by atoms with Crippen molar-refractivity contribution in [2.75, 3.05) is 0 Å². The maximum Gasteiger partial charge on any atom is 0.147 e. The lowest BCUT2D eigenvalue weighted by Crippen LogP contribution is -2.03. The maximum absolute atomic E-state index is 13.5. The first-order chi connectivity index (χ1) is 6.68. The van der Waals surface area contributed by atoms with Crippen LogP contribution in [0, 0.1) is 11.7 Å². The number of nitrogens with zero attached hydrogens (tertiary/aromatic N) is 1. The lowest BCUT2D eigenvalue weighted by Gasteiger charge is -2.08. The zero-order valence-corrected chi connectivity index (χ0v) is 8.50. The summed E-state index contributed by atoms with van der Waals surface area (Å²) in [6, 6.07) is 7.16. The third kappa shape index (κ3) is 1.52. The van der Waals surface area contributed by atoms with Crippen molar-refractivity contribution in [1.29, 1.82) is 0 Å². The fraction of sp³-hybridized carbons (Fsp3) is 0.333. The summed E-state index contributed by atoms with van der Waals surface area (Å²) in [7, 11) is 0. The van der Waals surface area contributed by atoms with Crippen molar-refractivity contribution in [3.8, 4) is 0 Å². The first-order valence-electron chi connectivity index (χ1n) is 4.92. The van der Waals surface area contributed by atoms with E-state index in [0.717, 1.165) is 17.4 Å². The van der Waals surface area contributed by atoms with Crippen molar-refractivity contribution in [3.05, 3.63) is 36.3 Å². The number of aromatic nitrogens is 1. The molecule has 0 saturated carbocycles. The second-order valence-corrected chi connectivity index (χ2v) is 4.04. The van der Waals surface area contributed by atoms with Gasteiger partial charge in [-0.05, 0) is 18.1 Å². The van der Waals surface area contributed by atoms with Gasteiger partial charge in [0.1, 0.15) is 5.82 Å². The predicted molar refractivity (Wildman–Crippen MR) is 56.7 cm³/mol. The molecular weight excluding hydrogens is 177 g/mol. The van der Waals surface area contributed by atoms with E-state index in [1.165, 1.54) is 6.07 Å². The molecule has 2 heteroatoms. The quantitative estimate of drug-likeness (QED) is 0.685. The van der Waals surface area contributed by atoms with Gasteiger partial charge >= 0.3 is 0 Å². The summed E-state index contributed by atoms with van der Waals surface area (Å²) >= 11 is 0. The summed E-state index contributed by atoms with van der Waals surface area (Å²) in [6.07, 6.45) is 1.95. The molecule has 0 aliphatic rings. The number of hydrogen-bond acceptors (Lipinski definition) is 0. The number of para-hydroxylation sites is 1. The van der Waals surface area contributed by atoms with E-state index in [1.54, 1.807) is 6.07 Å². The summed E-state index contributed by atoms with van der Waals surface area (Å²) in [4.78, 5) is 0. The van der Waals surface area contributed by atoms with Gasteiger partial charge in [0.05, 0.1) is 5.52 Å². The Bertz CT molecular complexity index is 443. The fourth-order valence-electron chi connectivity index (χ4n) is 1.76. The van der Waals surface area contributed by atoms with Gasteiger partial charge in [-0.1, -0.05) is 26.0 Å². The van der Waals surface area contributed by atoms with E-state index in [9.17, 15) is 4.39 Å². The van der Waals surface area contributed by atoms with Crippen LogP contribution in [-0.4, -0.2) is 4.57 Å². The summed E-state index contributed by atoms with van der Waals surface area (Å²) in [5.74, 6) is 0.401. The Hall–Kier alpha value is -1.31. The van der Waals surface area contributed by atoms with E-state index in [2.05, 4.69) is 13.8 Å². The normalized spacial score (nSPS) is 11.4. The van der Waals surface area contributed by atoms with Gasteiger partial charge in [-0.3, -0.25) is 0 Å². The van der Waals surface area contributed by atoms with Gasteiger partial charge in [0, 0.05) is 18.1 Å². The summed E-state index contributed by atoms with van der Waals surface area (Å²) in [5.41, 5.74) is 0.723. The molecule has 0 aliphatic carbocycles. The standard InChI is InChI=1S/C12H14FN/c1-9(2)8-14-7-6-10-4-3-5-11(13)12(10)14/h3-7,9H,8H2,1-2H3. The third-order valence-electron chi connectivity index (χ3n) is 2.30. The lowest BCUT2D eigenvalue weighted by atomic mass is 10.2. The molecule has 0 spiro atoms. The van der Waals surface area contributed by atoms with Crippen LogP contribution < -0.4 is 0 Å². The van der Waals surface area contributed by atoms with Crippen LogP contribution in [-0.2, 0) is 6.54 Å². The van der Waals surface area contributed by atoms with Crippen molar-refractivity contribution < 1.29 is 4.39 Å². The zero-order chi connectivity index (χ0) is 10.1. The molecule has 1 heterocycles. The summed E-state index contributed by atoms with van der Waals surface area (Å²) in [5, 5.41) is 0.977. The molecule has 2 aromatic rings. The summed E-state index contributed by atoms with van der Waals surface area (Å²) in [6.45, 7) is 5.13. The second kappa shape index (κ2) is 3.45. The highest BCUT2D eigenvalue weighted by Gasteiger charge is 2.06. The average Bonchev–Trinajstić information content (AvgIpc) is 2.49. The average molecular weight is 191 g/mol. The number of hydrogen-bond donors (Lipinski definition) is 0. The van der Waals surface area contributed by atoms with Crippen LogP contribution in [0.1, 0.15) is 13.8 Å². The molecule has 2 rings (SSSR count). The molecule has 1 aromatic heterocycles. The van der Waals surface area contributed by atoms with Gasteiger partial charge in [-0.15, -0.1) is 0 Å². The fourth-order valence-corrected chi connectivity index (χ4v) is 1.76. The largest absolute Gasteiger partial charge is 0.345 e. The maximum atomic E-state index is 13.5. The van der Waals surface area contributed by atoms with Crippen molar-refractivity contribution in [1.82, 2.24) is 4.57 Å². The van der Waals surface area contributed by atoms with Gasteiger partial charge in [-0.2, -0.15) is 0 Å². The molecule has 0 saturated heterocycles. The Morgan fingerprint density at radius 3 is 2.79 bits per heavy atom. The Labute approximate surface area is 83.2 Å². The number of fused-ring (bicyclic) bond motifs is 1. The molecule has 0 radical (unpaired) electrons. The molecule has 0 N–H and O–H groups in total. The van der Waals surface area contributed by atoms with Crippen LogP contribution in [0.4, 0.5) is 4.39 Å². The van der Waals surface area contributed by atoms with Crippen molar-refractivity contribution in [2.24, 2.45) is 5.92 Å². The SMILES string of the molecule is CC(C)Cn1ccc2cccc(F)c21. The Morgan fingerprint density at radius 1 is 1.29 bits per heavy atom. The van der Waals surface area contributed by atoms with E-state index in [4.69, 9.17) is 0 Å². The smallest absolute Gasteiger partial charge is 0.147 e. The van der Waals surface area contributed by atoms with Crippen molar-refractivity contribution in [2.45, 2.75) is 20.4 Å². The Kier molecular flexibility index (Phi) is 2.28. The molecule has 0 aliphatic heterocycles. The monoisotopic (exact) mass is 191 g/mol. The molecule has 1 nitrogen and oxygen atoms in total.